The minimum Gasteiger partial charge on any atom is -0.461 e. The van der Waals surface area contributed by atoms with Crippen molar-refractivity contribution in [3.05, 3.63) is 0 Å². The Morgan fingerprint density at radius 2 is 2.31 bits per heavy atom. The zero-order valence-corrected chi connectivity index (χ0v) is 8.13. The molecule has 0 aromatic carbocycles. The van der Waals surface area contributed by atoms with Crippen LogP contribution < -0.4 is 0 Å². The van der Waals surface area contributed by atoms with Crippen LogP contribution in [0, 0.1) is 0 Å². The van der Waals surface area contributed by atoms with Gasteiger partial charge in [-0.15, -0.1) is 0 Å². The first-order valence-corrected chi connectivity index (χ1v) is 4.84. The van der Waals surface area contributed by atoms with E-state index < -0.39 is 17.2 Å². The summed E-state index contributed by atoms with van der Waals surface area (Å²) in [6.07, 6.45) is 1.28. The van der Waals surface area contributed by atoms with E-state index in [1.807, 2.05) is 0 Å². The fourth-order valence-electron chi connectivity index (χ4n) is 0.674. The number of hydrogen-bond donors (Lipinski definition) is 0. The maximum absolute atomic E-state index is 11.1. The number of carbonyl (C=O) groups excluding carboxylic acids is 2. The van der Waals surface area contributed by atoms with Crippen LogP contribution in [-0.4, -0.2) is 29.6 Å². The molecule has 0 aliphatic carbocycles. The Bertz CT molecular complexity index is 298. The van der Waals surface area contributed by atoms with Crippen molar-refractivity contribution < 1.29 is 14.3 Å². The predicted molar refractivity (Wildman–Crippen MR) is 50.8 cm³/mol. The lowest BCUT2D eigenvalue weighted by atomic mass is 10.4. The van der Waals surface area contributed by atoms with Crippen LogP contribution in [0.4, 0.5) is 0 Å². The lowest BCUT2D eigenvalue weighted by Crippen LogP contribution is -2.16. The van der Waals surface area contributed by atoms with Gasteiger partial charge in [-0.25, -0.2) is 9.19 Å². The van der Waals surface area contributed by atoms with Gasteiger partial charge in [0, 0.05) is 6.92 Å². The van der Waals surface area contributed by atoms with Crippen molar-refractivity contribution in [3.63, 3.8) is 0 Å². The average molecular weight is 201 g/mol. The van der Waals surface area contributed by atoms with E-state index in [1.54, 1.807) is 6.92 Å². The number of rotatable bonds is 2. The molecule has 0 aromatic rings. The Balaban J connectivity index is 2.65. The Morgan fingerprint density at radius 3 is 2.77 bits per heavy atom. The Hall–Kier alpha value is -1.17. The zero-order valence-electron chi connectivity index (χ0n) is 7.31. The molecular formula is C7H9N2O3S. The van der Waals surface area contributed by atoms with Gasteiger partial charge in [-0.3, -0.25) is 4.79 Å². The molecule has 0 bridgehead atoms. The van der Waals surface area contributed by atoms with E-state index in [9.17, 15) is 9.59 Å². The van der Waals surface area contributed by atoms with E-state index in [-0.39, 0.29) is 10.8 Å². The van der Waals surface area contributed by atoms with Crippen LogP contribution >= 0.6 is 11.3 Å². The summed E-state index contributed by atoms with van der Waals surface area (Å²) in [4.78, 5) is 21.9. The van der Waals surface area contributed by atoms with Crippen molar-refractivity contribution in [1.82, 2.24) is 0 Å². The lowest BCUT2D eigenvalue weighted by Gasteiger charge is -1.98. The fraction of sp³-hybridized carbons (Fsp3) is 0.429. The lowest BCUT2D eigenvalue weighted by molar-refractivity contribution is -0.134. The van der Waals surface area contributed by atoms with Crippen LogP contribution in [0.3, 0.4) is 0 Å². The largest absolute Gasteiger partial charge is 0.461 e. The first kappa shape index (κ1) is 9.91. The van der Waals surface area contributed by atoms with Gasteiger partial charge in [0.05, 0.1) is 24.1 Å². The number of esters is 1. The van der Waals surface area contributed by atoms with Gasteiger partial charge in [0.25, 0.3) is 0 Å². The van der Waals surface area contributed by atoms with Gasteiger partial charge >= 0.3 is 5.97 Å². The van der Waals surface area contributed by atoms with Crippen LogP contribution in [0.15, 0.2) is 8.80 Å². The molecule has 0 fully saturated rings. The number of hydrogen-bond acceptors (Lipinski definition) is 5. The third-order valence-corrected chi connectivity index (χ3v) is 2.39. The summed E-state index contributed by atoms with van der Waals surface area (Å²) >= 11 is -1.02. The van der Waals surface area contributed by atoms with Gasteiger partial charge in [0.15, 0.2) is 5.71 Å². The fourth-order valence-corrected chi connectivity index (χ4v) is 1.51. The molecule has 1 radical (unpaired) electrons. The van der Waals surface area contributed by atoms with E-state index in [0.29, 0.717) is 6.61 Å². The average Bonchev–Trinajstić information content (AvgIpc) is 2.52. The van der Waals surface area contributed by atoms with Crippen LogP contribution in [0.2, 0.25) is 0 Å². The molecule has 0 saturated heterocycles. The van der Waals surface area contributed by atoms with Crippen LogP contribution in [-0.2, 0) is 14.3 Å². The first-order chi connectivity index (χ1) is 6.15. The monoisotopic (exact) mass is 201 g/mol. The van der Waals surface area contributed by atoms with Gasteiger partial charge in [-0.1, -0.05) is 0 Å². The van der Waals surface area contributed by atoms with Crippen LogP contribution in [0.25, 0.3) is 0 Å². The topological polar surface area (TPSA) is 68.1 Å². The third kappa shape index (κ3) is 2.38. The van der Waals surface area contributed by atoms with Crippen LogP contribution in [0.5, 0.6) is 0 Å². The van der Waals surface area contributed by atoms with E-state index in [0.717, 1.165) is 0 Å². The zero-order chi connectivity index (χ0) is 9.84. The Morgan fingerprint density at radius 1 is 1.62 bits per heavy atom. The van der Waals surface area contributed by atoms with E-state index in [4.69, 9.17) is 0 Å². The standard InChI is InChI=1S/C7H9N2O3S/c1-3-12-7(11)6-4-8-13(9-6)5(2)10/h4H,3H2,1-2H3. The molecule has 13 heavy (non-hydrogen) atoms. The Labute approximate surface area is 78.5 Å². The molecule has 1 heterocycles. The number of carbonyl (C=O) groups is 2. The van der Waals surface area contributed by atoms with Crippen molar-refractivity contribution in [2.75, 3.05) is 6.61 Å². The maximum Gasteiger partial charge on any atom is 0.359 e. The molecule has 0 saturated carbocycles. The van der Waals surface area contributed by atoms with E-state index in [1.165, 1.54) is 13.1 Å². The quantitative estimate of drug-likeness (QED) is 0.618. The van der Waals surface area contributed by atoms with Gasteiger partial charge in [0.1, 0.15) is 0 Å². The van der Waals surface area contributed by atoms with Gasteiger partial charge in [0.2, 0.25) is 5.12 Å². The molecule has 0 aromatic heterocycles. The minimum absolute atomic E-state index is 0.125. The van der Waals surface area contributed by atoms with Gasteiger partial charge < -0.3 is 4.74 Å². The molecule has 0 N–H and O–H groups in total. The smallest absolute Gasteiger partial charge is 0.359 e. The summed E-state index contributed by atoms with van der Waals surface area (Å²) < 4.78 is 12.3. The summed E-state index contributed by atoms with van der Waals surface area (Å²) in [6.45, 7) is 3.38. The second-order valence-electron chi connectivity index (χ2n) is 2.19. The maximum atomic E-state index is 11.1. The number of nitrogens with zero attached hydrogens (tertiary/aromatic N) is 2. The van der Waals surface area contributed by atoms with Crippen molar-refractivity contribution in [2.24, 2.45) is 8.80 Å². The molecular weight excluding hydrogens is 192 g/mol. The third-order valence-electron chi connectivity index (χ3n) is 1.20. The van der Waals surface area contributed by atoms with Crippen molar-refractivity contribution in [2.45, 2.75) is 13.8 Å². The summed E-state index contributed by atoms with van der Waals surface area (Å²) in [5.41, 5.74) is 0.125. The first-order valence-electron chi connectivity index (χ1n) is 3.70. The van der Waals surface area contributed by atoms with E-state index in [2.05, 4.69) is 13.5 Å². The summed E-state index contributed by atoms with van der Waals surface area (Å²) in [5.74, 6) is -0.525. The van der Waals surface area contributed by atoms with Crippen molar-refractivity contribution >= 4 is 34.3 Å². The molecule has 1 aliphatic heterocycles. The summed E-state index contributed by atoms with van der Waals surface area (Å²) in [6, 6.07) is 0. The Kier molecular flexibility index (Phi) is 3.18. The molecule has 0 atom stereocenters. The van der Waals surface area contributed by atoms with Gasteiger partial charge in [-0.05, 0) is 6.92 Å². The van der Waals surface area contributed by atoms with Gasteiger partial charge in [-0.2, -0.15) is 4.40 Å². The highest BCUT2D eigenvalue weighted by Gasteiger charge is 2.21. The molecule has 71 valence electrons. The highest BCUT2D eigenvalue weighted by molar-refractivity contribution is 8.28. The normalized spacial score (nSPS) is 15.7. The number of ether oxygens (including phenoxy) is 1. The van der Waals surface area contributed by atoms with E-state index >= 15 is 0 Å². The molecule has 0 spiro atoms. The highest BCUT2D eigenvalue weighted by Crippen LogP contribution is 2.32. The SMILES string of the molecule is CCOC(=O)C1=N[S](C(C)=O)N=C1. The molecule has 5 nitrogen and oxygen atoms in total. The molecule has 0 unspecified atom stereocenters. The predicted octanol–water partition coefficient (Wildman–Crippen LogP) is 0.720. The molecule has 1 aliphatic rings. The molecule has 1 rings (SSSR count). The van der Waals surface area contributed by atoms with Crippen molar-refractivity contribution in [3.8, 4) is 0 Å². The minimum atomic E-state index is -1.02. The summed E-state index contributed by atoms with van der Waals surface area (Å²) in [7, 11) is 0. The second-order valence-corrected chi connectivity index (χ2v) is 3.68. The van der Waals surface area contributed by atoms with Crippen molar-refractivity contribution in [1.29, 1.82) is 0 Å². The molecule has 0 amide bonds. The summed E-state index contributed by atoms with van der Waals surface area (Å²) in [5, 5.41) is -0.157. The van der Waals surface area contributed by atoms with Crippen LogP contribution in [0.1, 0.15) is 13.8 Å². The highest BCUT2D eigenvalue weighted by atomic mass is 32.2. The molecule has 6 heteroatoms. The second kappa shape index (κ2) is 4.18.